The predicted octanol–water partition coefficient (Wildman–Crippen LogP) is -0.915. The van der Waals surface area contributed by atoms with Gasteiger partial charge in [-0.3, -0.25) is 10.1 Å². The van der Waals surface area contributed by atoms with E-state index in [0.717, 1.165) is 0 Å². The molecule has 19 heavy (non-hydrogen) atoms. The van der Waals surface area contributed by atoms with E-state index in [9.17, 15) is 9.59 Å². The lowest BCUT2D eigenvalue weighted by atomic mass is 10.3. The largest absolute Gasteiger partial charge is 0.450 e. The molecule has 1 aromatic rings. The van der Waals surface area contributed by atoms with E-state index in [0.29, 0.717) is 10.7 Å². The van der Waals surface area contributed by atoms with Crippen molar-refractivity contribution in [1.29, 1.82) is 0 Å². The van der Waals surface area contributed by atoms with Crippen LogP contribution in [0.5, 0.6) is 0 Å². The zero-order chi connectivity index (χ0) is 13.9. The molecule has 0 radical (unpaired) electrons. The van der Waals surface area contributed by atoms with Crippen molar-refractivity contribution in [2.75, 3.05) is 13.7 Å². The molecule has 1 aromatic carbocycles. The van der Waals surface area contributed by atoms with Gasteiger partial charge in [-0.25, -0.2) is 14.8 Å². The maximum atomic E-state index is 12.0. The number of ether oxygens (including phenoxy) is 1. The summed E-state index contributed by atoms with van der Waals surface area (Å²) in [5, 5.41) is 5.91. The molecule has 2 N–H and O–H groups in total. The second kappa shape index (κ2) is 5.05. The second-order valence-electron chi connectivity index (χ2n) is 3.81. The van der Waals surface area contributed by atoms with E-state index in [1.807, 2.05) is 0 Å². The van der Waals surface area contributed by atoms with Gasteiger partial charge in [-0.2, -0.15) is 0 Å². The average molecular weight is 262 g/mol. The molecule has 7 nitrogen and oxygen atoms in total. The number of alkyl carbamates (subject to hydrolysis) is 1. The van der Waals surface area contributed by atoms with Gasteiger partial charge in [-0.05, 0) is 19.1 Å². The Bertz CT molecular complexity index is 591. The lowest BCUT2D eigenvalue weighted by molar-refractivity contribution is -0.126. The maximum absolute atomic E-state index is 12.0. The van der Waals surface area contributed by atoms with E-state index in [-0.39, 0.29) is 6.61 Å². The Kier molecular flexibility index (Phi) is 3.46. The number of hydrogen-bond donors (Lipinski definition) is 2. The number of hydrogen-bond acceptors (Lipinski definition) is 5. The van der Waals surface area contributed by atoms with Crippen LogP contribution in [-0.2, 0) is 9.53 Å². The Labute approximate surface area is 109 Å². The van der Waals surface area contributed by atoms with Crippen LogP contribution < -0.4 is 21.3 Å². The van der Waals surface area contributed by atoms with Crippen LogP contribution in [0.1, 0.15) is 6.92 Å². The molecule has 0 atom stereocenters. The third-order valence-corrected chi connectivity index (χ3v) is 2.54. The number of benzene rings is 1. The van der Waals surface area contributed by atoms with Gasteiger partial charge in [0.1, 0.15) is 0 Å². The maximum Gasteiger partial charge on any atom is 0.410 e. The van der Waals surface area contributed by atoms with Gasteiger partial charge in [-0.1, -0.05) is 12.1 Å². The molecule has 0 aliphatic carbocycles. The topological polar surface area (TPSA) is 92.1 Å². The van der Waals surface area contributed by atoms with Crippen molar-refractivity contribution < 1.29 is 14.3 Å². The zero-order valence-corrected chi connectivity index (χ0v) is 10.6. The van der Waals surface area contributed by atoms with Crippen LogP contribution in [-0.4, -0.2) is 31.4 Å². The molecule has 0 spiro atoms. The highest BCUT2D eigenvalue weighted by Crippen LogP contribution is 2.10. The van der Waals surface area contributed by atoms with Crippen LogP contribution in [0.4, 0.5) is 4.79 Å². The summed E-state index contributed by atoms with van der Waals surface area (Å²) in [6, 6.07) is 7.00. The summed E-state index contributed by atoms with van der Waals surface area (Å²) in [5.74, 6) is -2.22. The van der Waals surface area contributed by atoms with Gasteiger partial charge in [-0.15, -0.1) is 0 Å². The monoisotopic (exact) mass is 262 g/mol. The first-order valence-electron chi connectivity index (χ1n) is 5.83. The number of carbonyl (C=O) groups excluding carboxylic acids is 2. The van der Waals surface area contributed by atoms with Crippen LogP contribution >= 0.6 is 0 Å². The Morgan fingerprint density at radius 2 is 1.84 bits per heavy atom. The quantitative estimate of drug-likeness (QED) is 0.738. The first-order valence-corrected chi connectivity index (χ1v) is 5.83. The summed E-state index contributed by atoms with van der Waals surface area (Å²) in [6.07, 6.45) is -0.744. The molecule has 0 unspecified atom stereocenters. The fourth-order valence-corrected chi connectivity index (χ4v) is 1.72. The number of likely N-dealkylation sites (N-methyl/N-ethyl adjacent to an activating group) is 1. The number of para-hydroxylation sites is 2. The van der Waals surface area contributed by atoms with Crippen molar-refractivity contribution in [3.05, 3.63) is 35.0 Å². The SMILES string of the molecule is CCOC(=O)NC1(C(=O)NC)N=c2ccccc2=N1. The molecule has 1 aliphatic rings. The summed E-state index contributed by atoms with van der Waals surface area (Å²) in [4.78, 5) is 31.9. The van der Waals surface area contributed by atoms with E-state index >= 15 is 0 Å². The van der Waals surface area contributed by atoms with E-state index in [4.69, 9.17) is 4.74 Å². The number of nitrogens with zero attached hydrogens (tertiary/aromatic N) is 2. The van der Waals surface area contributed by atoms with Gasteiger partial charge in [0.05, 0.1) is 17.3 Å². The van der Waals surface area contributed by atoms with E-state index < -0.39 is 17.8 Å². The van der Waals surface area contributed by atoms with Crippen molar-refractivity contribution in [3.8, 4) is 0 Å². The molecule has 0 aromatic heterocycles. The molecule has 0 saturated carbocycles. The van der Waals surface area contributed by atoms with E-state index in [1.54, 1.807) is 31.2 Å². The third-order valence-electron chi connectivity index (χ3n) is 2.54. The molecular weight excluding hydrogens is 248 g/mol. The Hall–Kier alpha value is -2.44. The van der Waals surface area contributed by atoms with Gasteiger partial charge >= 0.3 is 11.9 Å². The third kappa shape index (κ3) is 2.40. The first-order chi connectivity index (χ1) is 9.11. The van der Waals surface area contributed by atoms with Gasteiger partial charge < -0.3 is 10.1 Å². The van der Waals surface area contributed by atoms with Crippen molar-refractivity contribution in [2.24, 2.45) is 9.98 Å². The number of amides is 2. The molecule has 0 saturated heterocycles. The average Bonchev–Trinajstić information content (AvgIpc) is 2.77. The zero-order valence-electron chi connectivity index (χ0n) is 10.6. The van der Waals surface area contributed by atoms with Gasteiger partial charge in [0.15, 0.2) is 0 Å². The van der Waals surface area contributed by atoms with Crippen molar-refractivity contribution in [2.45, 2.75) is 12.7 Å². The molecule has 100 valence electrons. The van der Waals surface area contributed by atoms with E-state index in [1.165, 1.54) is 7.05 Å². The summed E-state index contributed by atoms with van der Waals surface area (Å²) >= 11 is 0. The summed E-state index contributed by atoms with van der Waals surface area (Å²) in [7, 11) is 1.45. The summed E-state index contributed by atoms with van der Waals surface area (Å²) in [5.41, 5.74) is 0. The minimum atomic E-state index is -1.69. The molecule has 1 aliphatic heterocycles. The van der Waals surface area contributed by atoms with E-state index in [2.05, 4.69) is 20.6 Å². The summed E-state index contributed by atoms with van der Waals surface area (Å²) < 4.78 is 4.77. The summed E-state index contributed by atoms with van der Waals surface area (Å²) in [6.45, 7) is 1.87. The highest BCUT2D eigenvalue weighted by atomic mass is 16.5. The van der Waals surface area contributed by atoms with Gasteiger partial charge in [0, 0.05) is 7.05 Å². The smallest absolute Gasteiger partial charge is 0.410 e. The lowest BCUT2D eigenvalue weighted by Gasteiger charge is -2.21. The van der Waals surface area contributed by atoms with Gasteiger partial charge in [0.25, 0.3) is 5.91 Å². The van der Waals surface area contributed by atoms with Crippen molar-refractivity contribution in [1.82, 2.24) is 10.6 Å². The number of carbonyl (C=O) groups is 2. The van der Waals surface area contributed by atoms with Crippen LogP contribution in [0.15, 0.2) is 34.3 Å². The molecule has 0 fully saturated rings. The highest BCUT2D eigenvalue weighted by molar-refractivity contribution is 5.89. The molecule has 2 amide bonds. The molecular formula is C12H14N4O3. The van der Waals surface area contributed by atoms with Crippen molar-refractivity contribution >= 4 is 12.0 Å². The number of nitrogens with one attached hydrogen (secondary N) is 2. The predicted molar refractivity (Wildman–Crippen MR) is 65.7 cm³/mol. The van der Waals surface area contributed by atoms with Gasteiger partial charge in [0.2, 0.25) is 0 Å². The van der Waals surface area contributed by atoms with Crippen LogP contribution in [0.2, 0.25) is 0 Å². The normalized spacial score (nSPS) is 14.6. The lowest BCUT2D eigenvalue weighted by Crippen LogP contribution is -2.55. The fourth-order valence-electron chi connectivity index (χ4n) is 1.72. The Morgan fingerprint density at radius 1 is 1.26 bits per heavy atom. The van der Waals surface area contributed by atoms with Crippen LogP contribution in [0, 0.1) is 0 Å². The number of fused-ring (bicyclic) bond motifs is 1. The Balaban J connectivity index is 2.42. The Morgan fingerprint density at radius 3 is 2.32 bits per heavy atom. The minimum absolute atomic E-state index is 0.197. The molecule has 1 heterocycles. The number of rotatable bonds is 3. The van der Waals surface area contributed by atoms with Crippen LogP contribution in [0.25, 0.3) is 0 Å². The van der Waals surface area contributed by atoms with Crippen molar-refractivity contribution in [3.63, 3.8) is 0 Å². The first kappa shape index (κ1) is 13.0. The standard InChI is InChI=1S/C12H14N4O3/c1-3-19-11(18)16-12(10(17)13-2)14-8-6-4-5-7-9(8)15-12/h4-7H,3H2,1-2H3,(H,13,17)(H,16,18). The molecule has 2 rings (SSSR count). The molecule has 0 bridgehead atoms. The van der Waals surface area contributed by atoms with Crippen LogP contribution in [0.3, 0.4) is 0 Å². The highest BCUT2D eigenvalue weighted by Gasteiger charge is 2.41. The second-order valence-corrected chi connectivity index (χ2v) is 3.81. The fraction of sp³-hybridized carbons (Fsp3) is 0.333. The molecule has 7 heteroatoms. The minimum Gasteiger partial charge on any atom is -0.450 e.